The van der Waals surface area contributed by atoms with Crippen molar-refractivity contribution in [3.63, 3.8) is 0 Å². The van der Waals surface area contributed by atoms with E-state index in [9.17, 15) is 4.79 Å². The van der Waals surface area contributed by atoms with Crippen molar-refractivity contribution in [2.45, 2.75) is 6.92 Å². The van der Waals surface area contributed by atoms with Gasteiger partial charge in [-0.3, -0.25) is 4.79 Å². The van der Waals surface area contributed by atoms with Gasteiger partial charge in [0.25, 0.3) is 5.91 Å². The van der Waals surface area contributed by atoms with Crippen LogP contribution in [0.25, 0.3) is 11.6 Å². The van der Waals surface area contributed by atoms with Crippen molar-refractivity contribution >= 4 is 71.0 Å². The van der Waals surface area contributed by atoms with E-state index in [2.05, 4.69) is 53.1 Å². The van der Waals surface area contributed by atoms with Crippen LogP contribution in [0.3, 0.4) is 0 Å². The molecule has 0 fully saturated rings. The molecule has 2 aromatic carbocycles. The van der Waals surface area contributed by atoms with E-state index in [1.54, 1.807) is 0 Å². The molecule has 0 atom stereocenters. The molecule has 0 aliphatic carbocycles. The van der Waals surface area contributed by atoms with E-state index >= 15 is 0 Å². The smallest absolute Gasteiger partial charge is 0.256 e. The molecular formula is C16H10Br3NO. The van der Waals surface area contributed by atoms with Crippen LogP contribution in [0.1, 0.15) is 16.7 Å². The topological polar surface area (TPSA) is 29.1 Å². The minimum atomic E-state index is -0.0809. The van der Waals surface area contributed by atoms with Crippen LogP contribution in [0.5, 0.6) is 0 Å². The van der Waals surface area contributed by atoms with Gasteiger partial charge in [0.15, 0.2) is 0 Å². The molecule has 3 rings (SSSR count). The van der Waals surface area contributed by atoms with Crippen LogP contribution < -0.4 is 5.32 Å². The van der Waals surface area contributed by atoms with Gasteiger partial charge in [-0.25, -0.2) is 0 Å². The average molecular weight is 472 g/mol. The summed E-state index contributed by atoms with van der Waals surface area (Å²) in [5.41, 5.74) is 4.48. The van der Waals surface area contributed by atoms with Crippen LogP contribution in [0.15, 0.2) is 43.7 Å². The van der Waals surface area contributed by atoms with Gasteiger partial charge in [-0.2, -0.15) is 0 Å². The summed E-state index contributed by atoms with van der Waals surface area (Å²) in [7, 11) is 0. The summed E-state index contributed by atoms with van der Waals surface area (Å²) < 4.78 is 2.81. The number of benzene rings is 2. The molecular weight excluding hydrogens is 462 g/mol. The van der Waals surface area contributed by atoms with Crippen LogP contribution >= 0.6 is 47.8 Å². The van der Waals surface area contributed by atoms with Crippen molar-refractivity contribution < 1.29 is 4.79 Å². The fraction of sp³-hybridized carbons (Fsp3) is 0.0625. The molecule has 1 amide bonds. The largest absolute Gasteiger partial charge is 0.320 e. The molecule has 2 nitrogen and oxygen atoms in total. The first-order valence-electron chi connectivity index (χ1n) is 6.25. The number of nitrogens with one attached hydrogen (secondary N) is 1. The standard InChI is InChI=1S/C16H10Br3NO/c1-8-12(18)7-13(19)15-14(8)10(16(21)20-15)6-9-4-2-3-5-11(9)17/h2-7H,1H3,(H,20,21). The first kappa shape index (κ1) is 15.0. The number of carbonyl (C=O) groups is 1. The lowest BCUT2D eigenvalue weighted by atomic mass is 9.99. The quantitative estimate of drug-likeness (QED) is 0.525. The molecule has 0 unspecified atom stereocenters. The van der Waals surface area contributed by atoms with E-state index in [1.807, 2.05) is 43.3 Å². The number of anilines is 1. The van der Waals surface area contributed by atoms with Crippen LogP contribution in [-0.2, 0) is 4.79 Å². The highest BCUT2D eigenvalue weighted by Gasteiger charge is 2.29. The van der Waals surface area contributed by atoms with Crippen LogP contribution in [0, 0.1) is 6.92 Å². The second kappa shape index (κ2) is 5.71. The Morgan fingerprint density at radius 2 is 1.76 bits per heavy atom. The molecule has 0 radical (unpaired) electrons. The van der Waals surface area contributed by atoms with Gasteiger partial charge >= 0.3 is 0 Å². The third-order valence-electron chi connectivity index (χ3n) is 3.43. The second-order valence-corrected chi connectivity index (χ2v) is 7.31. The maximum Gasteiger partial charge on any atom is 0.256 e. The number of rotatable bonds is 1. The minimum Gasteiger partial charge on any atom is -0.320 e. The van der Waals surface area contributed by atoms with Gasteiger partial charge in [0, 0.05) is 24.6 Å². The van der Waals surface area contributed by atoms with E-state index in [0.717, 1.165) is 35.8 Å². The van der Waals surface area contributed by atoms with Gasteiger partial charge in [0.2, 0.25) is 0 Å². The molecule has 1 heterocycles. The van der Waals surface area contributed by atoms with Crippen molar-refractivity contribution in [1.29, 1.82) is 0 Å². The number of carbonyl (C=O) groups excluding carboxylic acids is 1. The zero-order chi connectivity index (χ0) is 15.1. The number of hydrogen-bond donors (Lipinski definition) is 1. The summed E-state index contributed by atoms with van der Waals surface area (Å²) >= 11 is 10.6. The number of fused-ring (bicyclic) bond motifs is 1. The Labute approximate surface area is 148 Å². The molecule has 0 saturated heterocycles. The van der Waals surface area contributed by atoms with E-state index in [0.29, 0.717) is 5.57 Å². The molecule has 21 heavy (non-hydrogen) atoms. The Kier molecular flexibility index (Phi) is 4.08. The van der Waals surface area contributed by atoms with Crippen molar-refractivity contribution in [2.24, 2.45) is 0 Å². The number of hydrogen-bond acceptors (Lipinski definition) is 1. The van der Waals surface area contributed by atoms with Crippen LogP contribution in [0.4, 0.5) is 5.69 Å². The lowest BCUT2D eigenvalue weighted by Crippen LogP contribution is -2.03. The monoisotopic (exact) mass is 469 g/mol. The second-order valence-electron chi connectivity index (χ2n) is 4.75. The van der Waals surface area contributed by atoms with E-state index in [-0.39, 0.29) is 5.91 Å². The van der Waals surface area contributed by atoms with Gasteiger partial charge in [-0.15, -0.1) is 0 Å². The zero-order valence-electron chi connectivity index (χ0n) is 11.0. The first-order chi connectivity index (χ1) is 9.99. The normalized spacial score (nSPS) is 15.2. The molecule has 0 saturated carbocycles. The van der Waals surface area contributed by atoms with Gasteiger partial charge in [-0.1, -0.05) is 50.1 Å². The average Bonchev–Trinajstić information content (AvgIpc) is 2.77. The van der Waals surface area contributed by atoms with Crippen molar-refractivity contribution in [3.05, 3.63) is 60.4 Å². The summed E-state index contributed by atoms with van der Waals surface area (Å²) in [6.07, 6.45) is 1.91. The van der Waals surface area contributed by atoms with E-state index in [4.69, 9.17) is 0 Å². The predicted octanol–water partition coefficient (Wildman–Crippen LogP) is 5.78. The highest BCUT2D eigenvalue weighted by Crippen LogP contribution is 2.43. The van der Waals surface area contributed by atoms with Crippen LogP contribution in [0.2, 0.25) is 0 Å². The fourth-order valence-corrected chi connectivity index (χ4v) is 4.02. The highest BCUT2D eigenvalue weighted by atomic mass is 79.9. The van der Waals surface area contributed by atoms with Crippen molar-refractivity contribution in [3.8, 4) is 0 Å². The predicted molar refractivity (Wildman–Crippen MR) is 97.2 cm³/mol. The lowest BCUT2D eigenvalue weighted by molar-refractivity contribution is -0.110. The minimum absolute atomic E-state index is 0.0809. The SMILES string of the molecule is Cc1c(Br)cc(Br)c2c1C(=Cc1ccccc1Br)C(=O)N2. The molecule has 0 aromatic heterocycles. The molecule has 0 spiro atoms. The maximum absolute atomic E-state index is 12.3. The molecule has 2 aromatic rings. The van der Waals surface area contributed by atoms with Gasteiger partial charge in [0.05, 0.1) is 5.69 Å². The Hall–Kier alpha value is -0.910. The summed E-state index contributed by atoms with van der Waals surface area (Å²) in [5.74, 6) is -0.0809. The molecule has 5 heteroatoms. The summed E-state index contributed by atoms with van der Waals surface area (Å²) in [6.45, 7) is 2.00. The highest BCUT2D eigenvalue weighted by molar-refractivity contribution is 9.11. The lowest BCUT2D eigenvalue weighted by Gasteiger charge is -2.08. The summed E-state index contributed by atoms with van der Waals surface area (Å²) in [6, 6.07) is 9.80. The Balaban J connectivity index is 2.24. The first-order valence-corrected chi connectivity index (χ1v) is 8.63. The van der Waals surface area contributed by atoms with Gasteiger partial charge in [0.1, 0.15) is 0 Å². The Morgan fingerprint density at radius 1 is 1.05 bits per heavy atom. The Bertz CT molecular complexity index is 796. The van der Waals surface area contributed by atoms with Crippen molar-refractivity contribution in [2.75, 3.05) is 5.32 Å². The molecule has 106 valence electrons. The fourth-order valence-electron chi connectivity index (χ4n) is 2.36. The zero-order valence-corrected chi connectivity index (χ0v) is 15.8. The van der Waals surface area contributed by atoms with Gasteiger partial charge < -0.3 is 5.32 Å². The number of halogens is 3. The third kappa shape index (κ3) is 2.62. The van der Waals surface area contributed by atoms with Gasteiger partial charge in [-0.05, 0) is 52.2 Å². The summed E-state index contributed by atoms with van der Waals surface area (Å²) in [4.78, 5) is 12.3. The van der Waals surface area contributed by atoms with E-state index < -0.39 is 0 Å². The van der Waals surface area contributed by atoms with Crippen LogP contribution in [-0.4, -0.2) is 5.91 Å². The molecule has 0 bridgehead atoms. The molecule has 1 aliphatic rings. The van der Waals surface area contributed by atoms with E-state index in [1.165, 1.54) is 0 Å². The summed E-state index contributed by atoms with van der Waals surface area (Å²) in [5, 5.41) is 2.93. The van der Waals surface area contributed by atoms with Crippen molar-refractivity contribution in [1.82, 2.24) is 0 Å². The molecule has 1 N–H and O–H groups in total. The molecule has 1 aliphatic heterocycles. The maximum atomic E-state index is 12.3. The Morgan fingerprint density at radius 3 is 2.48 bits per heavy atom. The number of amides is 1. The third-order valence-corrected chi connectivity index (χ3v) is 5.60.